The molecule has 132 valence electrons. The molecule has 0 aliphatic rings. The molecule has 0 atom stereocenters. The summed E-state index contributed by atoms with van der Waals surface area (Å²) in [5.41, 5.74) is 1.57. The second-order valence-electron chi connectivity index (χ2n) is 5.64. The molecular weight excluding hydrogens is 348 g/mol. The molecule has 2 N–H and O–H groups in total. The fraction of sp³-hybridized carbons (Fsp3) is 0.0952. The molecule has 3 rings (SSSR count). The third kappa shape index (κ3) is 5.26. The lowest BCUT2D eigenvalue weighted by molar-refractivity contribution is -0.115. The van der Waals surface area contributed by atoms with E-state index in [2.05, 4.69) is 10.6 Å². The predicted molar refractivity (Wildman–Crippen MR) is 106 cm³/mol. The average molecular weight is 367 g/mol. The number of hydrogen-bond donors (Lipinski definition) is 2. The molecule has 0 aromatic heterocycles. The SMILES string of the molecule is O=C(CCNc1ccccc1Oc1ccccc1)Nc1ccc(Cl)cc1. The van der Waals surface area contributed by atoms with E-state index < -0.39 is 0 Å². The second-order valence-corrected chi connectivity index (χ2v) is 6.08. The average Bonchev–Trinajstić information content (AvgIpc) is 2.66. The van der Waals surface area contributed by atoms with E-state index in [1.807, 2.05) is 54.6 Å². The first kappa shape index (κ1) is 17.8. The minimum atomic E-state index is -0.0683. The van der Waals surface area contributed by atoms with Gasteiger partial charge in [0.1, 0.15) is 5.75 Å². The number of anilines is 2. The van der Waals surface area contributed by atoms with E-state index in [1.54, 1.807) is 24.3 Å². The molecule has 0 heterocycles. The number of ether oxygens (including phenoxy) is 1. The smallest absolute Gasteiger partial charge is 0.226 e. The highest BCUT2D eigenvalue weighted by molar-refractivity contribution is 6.30. The number of rotatable bonds is 7. The van der Waals surface area contributed by atoms with Gasteiger partial charge in [-0.05, 0) is 48.5 Å². The van der Waals surface area contributed by atoms with Crippen molar-refractivity contribution in [2.45, 2.75) is 6.42 Å². The Morgan fingerprint density at radius 3 is 2.35 bits per heavy atom. The van der Waals surface area contributed by atoms with E-state index in [4.69, 9.17) is 16.3 Å². The number of benzene rings is 3. The van der Waals surface area contributed by atoms with Crippen molar-refractivity contribution in [3.63, 3.8) is 0 Å². The third-order valence-electron chi connectivity index (χ3n) is 3.65. The summed E-state index contributed by atoms with van der Waals surface area (Å²) >= 11 is 5.84. The molecule has 0 spiro atoms. The van der Waals surface area contributed by atoms with E-state index in [1.165, 1.54) is 0 Å². The molecule has 0 saturated heterocycles. The van der Waals surface area contributed by atoms with Crippen molar-refractivity contribution in [2.75, 3.05) is 17.2 Å². The Kier molecular flexibility index (Phi) is 6.12. The Bertz CT molecular complexity index is 851. The quantitative estimate of drug-likeness (QED) is 0.574. The van der Waals surface area contributed by atoms with Crippen LogP contribution in [0.4, 0.5) is 11.4 Å². The summed E-state index contributed by atoms with van der Waals surface area (Å²) in [7, 11) is 0. The standard InChI is InChI=1S/C21H19ClN2O2/c22-16-10-12-17(13-11-16)24-21(25)14-15-23-19-8-4-5-9-20(19)26-18-6-2-1-3-7-18/h1-13,23H,14-15H2,(H,24,25). The van der Waals surface area contributed by atoms with Crippen LogP contribution in [0.5, 0.6) is 11.5 Å². The van der Waals surface area contributed by atoms with Gasteiger partial charge >= 0.3 is 0 Å². The van der Waals surface area contributed by atoms with E-state index in [0.29, 0.717) is 18.0 Å². The van der Waals surface area contributed by atoms with E-state index in [-0.39, 0.29) is 5.91 Å². The molecular formula is C21H19ClN2O2. The number of para-hydroxylation sites is 3. The summed E-state index contributed by atoms with van der Waals surface area (Å²) in [6.45, 7) is 0.495. The van der Waals surface area contributed by atoms with Crippen molar-refractivity contribution < 1.29 is 9.53 Å². The van der Waals surface area contributed by atoms with Crippen LogP contribution in [0, 0.1) is 0 Å². The molecule has 0 fully saturated rings. The summed E-state index contributed by atoms with van der Waals surface area (Å²) in [6.07, 6.45) is 0.336. The summed E-state index contributed by atoms with van der Waals surface area (Å²) in [6, 6.07) is 24.3. The molecule has 0 aliphatic carbocycles. The molecule has 0 saturated carbocycles. The van der Waals surface area contributed by atoms with Gasteiger partial charge in [0.15, 0.2) is 5.75 Å². The van der Waals surface area contributed by atoms with Gasteiger partial charge in [-0.3, -0.25) is 4.79 Å². The van der Waals surface area contributed by atoms with Crippen molar-refractivity contribution in [2.24, 2.45) is 0 Å². The van der Waals surface area contributed by atoms with Gasteiger partial charge in [-0.15, -0.1) is 0 Å². The van der Waals surface area contributed by atoms with Gasteiger partial charge in [0.05, 0.1) is 5.69 Å². The third-order valence-corrected chi connectivity index (χ3v) is 3.91. The van der Waals surface area contributed by atoms with Crippen molar-refractivity contribution in [1.82, 2.24) is 0 Å². The lowest BCUT2D eigenvalue weighted by atomic mass is 10.2. The van der Waals surface area contributed by atoms with Crippen molar-refractivity contribution in [1.29, 1.82) is 0 Å². The number of carbonyl (C=O) groups excluding carboxylic acids is 1. The minimum absolute atomic E-state index is 0.0683. The maximum atomic E-state index is 12.0. The first-order valence-electron chi connectivity index (χ1n) is 8.32. The summed E-state index contributed by atoms with van der Waals surface area (Å²) in [5, 5.41) is 6.73. The summed E-state index contributed by atoms with van der Waals surface area (Å²) < 4.78 is 5.90. The van der Waals surface area contributed by atoms with Crippen LogP contribution in [0.3, 0.4) is 0 Å². The number of nitrogens with one attached hydrogen (secondary N) is 2. The first-order valence-corrected chi connectivity index (χ1v) is 8.70. The maximum Gasteiger partial charge on any atom is 0.226 e. The van der Waals surface area contributed by atoms with Gasteiger partial charge in [-0.1, -0.05) is 41.9 Å². The van der Waals surface area contributed by atoms with E-state index in [0.717, 1.165) is 22.9 Å². The molecule has 0 radical (unpaired) electrons. The molecule has 1 amide bonds. The topological polar surface area (TPSA) is 50.4 Å². The Hall–Kier alpha value is -2.98. The zero-order valence-electron chi connectivity index (χ0n) is 14.1. The Morgan fingerprint density at radius 2 is 1.58 bits per heavy atom. The highest BCUT2D eigenvalue weighted by atomic mass is 35.5. The van der Waals surface area contributed by atoms with Crippen molar-refractivity contribution >= 4 is 28.9 Å². The molecule has 3 aromatic carbocycles. The minimum Gasteiger partial charge on any atom is -0.455 e. The monoisotopic (exact) mass is 366 g/mol. The van der Waals surface area contributed by atoms with Crippen molar-refractivity contribution in [3.8, 4) is 11.5 Å². The van der Waals surface area contributed by atoms with Crippen LogP contribution in [0.1, 0.15) is 6.42 Å². The Morgan fingerprint density at radius 1 is 0.885 bits per heavy atom. The van der Waals surface area contributed by atoms with Crippen LogP contribution in [-0.4, -0.2) is 12.5 Å². The number of amides is 1. The summed E-state index contributed by atoms with van der Waals surface area (Å²) in [4.78, 5) is 12.0. The number of halogens is 1. The molecule has 26 heavy (non-hydrogen) atoms. The lowest BCUT2D eigenvalue weighted by Gasteiger charge is -2.13. The summed E-state index contributed by atoms with van der Waals surface area (Å²) in [5.74, 6) is 1.42. The van der Waals surface area contributed by atoms with Crippen LogP contribution in [0.25, 0.3) is 0 Å². The van der Waals surface area contributed by atoms with E-state index >= 15 is 0 Å². The highest BCUT2D eigenvalue weighted by Gasteiger charge is 2.06. The highest BCUT2D eigenvalue weighted by Crippen LogP contribution is 2.29. The predicted octanol–water partition coefficient (Wildman–Crippen LogP) is 5.57. The maximum absolute atomic E-state index is 12.0. The first-order chi connectivity index (χ1) is 12.7. The molecule has 5 heteroatoms. The van der Waals surface area contributed by atoms with Gasteiger partial charge in [0.25, 0.3) is 0 Å². The molecule has 4 nitrogen and oxygen atoms in total. The van der Waals surface area contributed by atoms with Gasteiger partial charge in [-0.25, -0.2) is 0 Å². The lowest BCUT2D eigenvalue weighted by Crippen LogP contribution is -2.16. The number of hydrogen-bond acceptors (Lipinski definition) is 3. The fourth-order valence-corrected chi connectivity index (χ4v) is 2.51. The zero-order valence-corrected chi connectivity index (χ0v) is 14.9. The Balaban J connectivity index is 1.53. The Labute approximate surface area is 157 Å². The normalized spacial score (nSPS) is 10.2. The van der Waals surface area contributed by atoms with Crippen LogP contribution >= 0.6 is 11.6 Å². The van der Waals surface area contributed by atoms with Crippen LogP contribution in [0.15, 0.2) is 78.9 Å². The largest absolute Gasteiger partial charge is 0.455 e. The molecule has 0 bridgehead atoms. The van der Waals surface area contributed by atoms with Gasteiger partial charge < -0.3 is 15.4 Å². The fourth-order valence-electron chi connectivity index (χ4n) is 2.38. The zero-order chi connectivity index (χ0) is 18.2. The van der Waals surface area contributed by atoms with E-state index in [9.17, 15) is 4.79 Å². The second kappa shape index (κ2) is 8.92. The van der Waals surface area contributed by atoms with Crippen LogP contribution < -0.4 is 15.4 Å². The van der Waals surface area contributed by atoms with Crippen LogP contribution in [0.2, 0.25) is 5.02 Å². The van der Waals surface area contributed by atoms with Crippen LogP contribution in [-0.2, 0) is 4.79 Å². The molecule has 3 aromatic rings. The molecule has 0 unspecified atom stereocenters. The van der Waals surface area contributed by atoms with Crippen molar-refractivity contribution in [3.05, 3.63) is 83.9 Å². The van der Waals surface area contributed by atoms with Gasteiger partial charge in [0.2, 0.25) is 5.91 Å². The van der Waals surface area contributed by atoms with Gasteiger partial charge in [-0.2, -0.15) is 0 Å². The number of carbonyl (C=O) groups is 1. The molecule has 0 aliphatic heterocycles. The van der Waals surface area contributed by atoms with Gasteiger partial charge in [0, 0.05) is 23.7 Å².